The maximum atomic E-state index is 14.2. The van der Waals surface area contributed by atoms with Crippen molar-refractivity contribution in [3.63, 3.8) is 0 Å². The van der Waals surface area contributed by atoms with Crippen molar-refractivity contribution >= 4 is 5.84 Å². The van der Waals surface area contributed by atoms with E-state index < -0.39 is 11.4 Å². The third-order valence-electron chi connectivity index (χ3n) is 3.39. The van der Waals surface area contributed by atoms with E-state index in [2.05, 4.69) is 5.16 Å². The third kappa shape index (κ3) is 3.02. The molecule has 0 spiro atoms. The molecule has 1 unspecified atom stereocenters. The minimum Gasteiger partial charge on any atom is -0.409 e. The third-order valence-corrected chi connectivity index (χ3v) is 3.39. The molecule has 5 nitrogen and oxygen atoms in total. The summed E-state index contributed by atoms with van der Waals surface area (Å²) < 4.78 is 14.2. The van der Waals surface area contributed by atoms with Crippen LogP contribution in [-0.4, -0.2) is 39.7 Å². The van der Waals surface area contributed by atoms with Crippen LogP contribution in [0.2, 0.25) is 0 Å². The van der Waals surface area contributed by atoms with Crippen molar-refractivity contribution in [2.75, 3.05) is 13.1 Å². The molecule has 1 aromatic rings. The van der Waals surface area contributed by atoms with Crippen molar-refractivity contribution in [1.82, 2.24) is 4.90 Å². The Morgan fingerprint density at radius 2 is 2.32 bits per heavy atom. The van der Waals surface area contributed by atoms with Gasteiger partial charge in [-0.05, 0) is 19.4 Å². The Labute approximate surface area is 111 Å². The summed E-state index contributed by atoms with van der Waals surface area (Å²) in [4.78, 5) is 1.98. The molecule has 0 saturated carbocycles. The van der Waals surface area contributed by atoms with Crippen molar-refractivity contribution in [3.05, 3.63) is 35.1 Å². The van der Waals surface area contributed by atoms with Gasteiger partial charge in [0.2, 0.25) is 0 Å². The van der Waals surface area contributed by atoms with Gasteiger partial charge in [0.25, 0.3) is 0 Å². The Bertz CT molecular complexity index is 503. The molecule has 1 aliphatic heterocycles. The first-order chi connectivity index (χ1) is 8.93. The number of aliphatic hydroxyl groups is 1. The number of β-amino-alcohol motifs (C(OH)–C–C–N with tert-alkyl or cyclic N) is 1. The standard InChI is InChI=1S/C13H18FN3O2/c1-13(18)5-6-17(8-13)7-9-3-2-4-10(11(9)14)12(15)16-19/h2-4,18-19H,5-8H2,1H3,(H2,15,16). The van der Waals surface area contributed by atoms with E-state index in [1.807, 2.05) is 4.90 Å². The van der Waals surface area contributed by atoms with Crippen LogP contribution in [0.4, 0.5) is 4.39 Å². The Balaban J connectivity index is 2.18. The van der Waals surface area contributed by atoms with Crippen molar-refractivity contribution in [1.29, 1.82) is 0 Å². The minimum atomic E-state index is -0.709. The summed E-state index contributed by atoms with van der Waals surface area (Å²) in [5.74, 6) is -0.725. The second-order valence-electron chi connectivity index (χ2n) is 5.22. The molecule has 1 fully saturated rings. The summed E-state index contributed by atoms with van der Waals surface area (Å²) in [5, 5.41) is 21.3. The van der Waals surface area contributed by atoms with E-state index in [1.54, 1.807) is 19.1 Å². The quantitative estimate of drug-likeness (QED) is 0.328. The van der Waals surface area contributed by atoms with Gasteiger partial charge in [-0.1, -0.05) is 17.3 Å². The molecule has 1 heterocycles. The zero-order chi connectivity index (χ0) is 14.0. The van der Waals surface area contributed by atoms with E-state index in [4.69, 9.17) is 10.9 Å². The number of nitrogens with zero attached hydrogens (tertiary/aromatic N) is 2. The summed E-state index contributed by atoms with van der Waals surface area (Å²) in [6, 6.07) is 4.80. The van der Waals surface area contributed by atoms with Gasteiger partial charge >= 0.3 is 0 Å². The normalized spacial score (nSPS) is 24.9. The predicted molar refractivity (Wildman–Crippen MR) is 69.4 cm³/mol. The van der Waals surface area contributed by atoms with Crippen molar-refractivity contribution in [3.8, 4) is 0 Å². The Morgan fingerprint density at radius 1 is 1.58 bits per heavy atom. The molecule has 0 radical (unpaired) electrons. The summed E-state index contributed by atoms with van der Waals surface area (Å²) in [6.45, 7) is 3.41. The van der Waals surface area contributed by atoms with Gasteiger partial charge in [0.1, 0.15) is 5.82 Å². The fourth-order valence-electron chi connectivity index (χ4n) is 2.37. The van der Waals surface area contributed by atoms with E-state index in [9.17, 15) is 9.50 Å². The molecule has 1 aromatic carbocycles. The monoisotopic (exact) mass is 267 g/mol. The molecule has 4 N–H and O–H groups in total. The molecule has 2 rings (SSSR count). The zero-order valence-electron chi connectivity index (χ0n) is 10.8. The molecule has 0 amide bonds. The highest BCUT2D eigenvalue weighted by Crippen LogP contribution is 2.23. The molecule has 1 atom stereocenters. The maximum absolute atomic E-state index is 14.2. The molecule has 104 valence electrons. The predicted octanol–water partition coefficient (Wildman–Crippen LogP) is 0.877. The molecule has 1 saturated heterocycles. The lowest BCUT2D eigenvalue weighted by Gasteiger charge is -2.19. The highest BCUT2D eigenvalue weighted by atomic mass is 19.1. The number of halogens is 1. The molecule has 0 aromatic heterocycles. The first-order valence-electron chi connectivity index (χ1n) is 6.13. The second-order valence-corrected chi connectivity index (χ2v) is 5.22. The lowest BCUT2D eigenvalue weighted by atomic mass is 10.1. The molecular formula is C13H18FN3O2. The van der Waals surface area contributed by atoms with Crippen LogP contribution in [0.1, 0.15) is 24.5 Å². The Hall–Kier alpha value is -1.66. The van der Waals surface area contributed by atoms with Crippen LogP contribution in [-0.2, 0) is 6.54 Å². The first-order valence-corrected chi connectivity index (χ1v) is 6.13. The van der Waals surface area contributed by atoms with E-state index in [0.717, 1.165) is 6.54 Å². The highest BCUT2D eigenvalue weighted by molar-refractivity contribution is 5.97. The number of rotatable bonds is 3. The van der Waals surface area contributed by atoms with Crippen LogP contribution >= 0.6 is 0 Å². The summed E-state index contributed by atoms with van der Waals surface area (Å²) >= 11 is 0. The molecule has 0 aliphatic carbocycles. The summed E-state index contributed by atoms with van der Waals surface area (Å²) in [7, 11) is 0. The highest BCUT2D eigenvalue weighted by Gasteiger charge is 2.31. The number of likely N-dealkylation sites (tertiary alicyclic amines) is 1. The Morgan fingerprint density at radius 3 is 2.89 bits per heavy atom. The average molecular weight is 267 g/mol. The number of amidine groups is 1. The maximum Gasteiger partial charge on any atom is 0.173 e. The van der Waals surface area contributed by atoms with Gasteiger partial charge in [-0.15, -0.1) is 0 Å². The van der Waals surface area contributed by atoms with Gasteiger partial charge in [-0.2, -0.15) is 0 Å². The van der Waals surface area contributed by atoms with Gasteiger partial charge in [0, 0.05) is 25.2 Å². The lowest BCUT2D eigenvalue weighted by molar-refractivity contribution is 0.0677. The topological polar surface area (TPSA) is 82.1 Å². The largest absolute Gasteiger partial charge is 0.409 e. The van der Waals surface area contributed by atoms with Crippen LogP contribution in [0.25, 0.3) is 0 Å². The van der Waals surface area contributed by atoms with Crippen LogP contribution in [0, 0.1) is 5.82 Å². The van der Waals surface area contributed by atoms with Crippen LogP contribution < -0.4 is 5.73 Å². The fraction of sp³-hybridized carbons (Fsp3) is 0.462. The number of nitrogens with two attached hydrogens (primary N) is 1. The van der Waals surface area contributed by atoms with Crippen molar-refractivity contribution in [2.24, 2.45) is 10.9 Å². The molecule has 6 heteroatoms. The van der Waals surface area contributed by atoms with Gasteiger partial charge in [0.15, 0.2) is 5.84 Å². The van der Waals surface area contributed by atoms with Crippen molar-refractivity contribution in [2.45, 2.75) is 25.5 Å². The van der Waals surface area contributed by atoms with E-state index in [1.165, 1.54) is 6.07 Å². The van der Waals surface area contributed by atoms with Crippen LogP contribution in [0.3, 0.4) is 0 Å². The van der Waals surface area contributed by atoms with E-state index >= 15 is 0 Å². The Kier molecular flexibility index (Phi) is 3.73. The van der Waals surface area contributed by atoms with Crippen LogP contribution in [0.5, 0.6) is 0 Å². The first kappa shape index (κ1) is 13.8. The lowest BCUT2D eigenvalue weighted by Crippen LogP contribution is -2.29. The van der Waals surface area contributed by atoms with Crippen LogP contribution in [0.15, 0.2) is 23.4 Å². The van der Waals surface area contributed by atoms with Gasteiger partial charge in [0.05, 0.1) is 11.2 Å². The average Bonchev–Trinajstić information content (AvgIpc) is 2.70. The van der Waals surface area contributed by atoms with Gasteiger partial charge in [-0.25, -0.2) is 4.39 Å². The van der Waals surface area contributed by atoms with Gasteiger partial charge < -0.3 is 16.0 Å². The number of hydrogen-bond acceptors (Lipinski definition) is 4. The smallest absolute Gasteiger partial charge is 0.173 e. The molecule has 19 heavy (non-hydrogen) atoms. The summed E-state index contributed by atoms with van der Waals surface area (Å²) in [6.07, 6.45) is 0.675. The summed E-state index contributed by atoms with van der Waals surface area (Å²) in [5.41, 5.74) is 5.28. The second kappa shape index (κ2) is 5.14. The van der Waals surface area contributed by atoms with E-state index in [-0.39, 0.29) is 11.4 Å². The molecule has 0 bridgehead atoms. The molecule has 1 aliphatic rings. The number of oxime groups is 1. The fourth-order valence-corrected chi connectivity index (χ4v) is 2.37. The number of benzene rings is 1. The zero-order valence-corrected chi connectivity index (χ0v) is 10.8. The molecular weight excluding hydrogens is 249 g/mol. The van der Waals surface area contributed by atoms with Crippen molar-refractivity contribution < 1.29 is 14.7 Å². The SMILES string of the molecule is CC1(O)CCN(Cc2cccc(/C(N)=N/O)c2F)C1. The minimum absolute atomic E-state index is 0.0888. The van der Waals surface area contributed by atoms with Gasteiger partial charge in [-0.3, -0.25) is 4.90 Å². The van der Waals surface area contributed by atoms with E-state index in [0.29, 0.717) is 25.1 Å². The number of hydrogen-bond donors (Lipinski definition) is 3.